The number of benzene rings is 2. The molecular weight excluding hydrogens is 457 g/mol. The van der Waals surface area contributed by atoms with Crippen LogP contribution in [0.4, 0.5) is 0 Å². The maximum absolute atomic E-state index is 13.4. The lowest BCUT2D eigenvalue weighted by molar-refractivity contribution is -0.133. The molecule has 0 unspecified atom stereocenters. The van der Waals surface area contributed by atoms with Gasteiger partial charge in [0.2, 0.25) is 15.9 Å². The molecular formula is C22H27Cl2N3O3S. The van der Waals surface area contributed by atoms with Crippen molar-refractivity contribution >= 4 is 39.1 Å². The van der Waals surface area contributed by atoms with Crippen molar-refractivity contribution in [2.45, 2.75) is 25.3 Å². The minimum absolute atomic E-state index is 0.0210. The lowest BCUT2D eigenvalue weighted by Crippen LogP contribution is -2.51. The predicted octanol–water partition coefficient (Wildman–Crippen LogP) is 3.66. The predicted molar refractivity (Wildman–Crippen MR) is 124 cm³/mol. The minimum atomic E-state index is -3.91. The van der Waals surface area contributed by atoms with Gasteiger partial charge < -0.3 is 9.80 Å². The van der Waals surface area contributed by atoms with Gasteiger partial charge in [0.25, 0.3) is 0 Å². The molecule has 3 rings (SSSR count). The molecule has 2 aromatic rings. The molecule has 6 nitrogen and oxygen atoms in total. The number of nitrogens with zero attached hydrogens (tertiary/aromatic N) is 3. The fourth-order valence-corrected chi connectivity index (χ4v) is 5.33. The molecule has 1 heterocycles. The van der Waals surface area contributed by atoms with Crippen molar-refractivity contribution in [3.8, 4) is 0 Å². The highest BCUT2D eigenvalue weighted by Crippen LogP contribution is 2.25. The van der Waals surface area contributed by atoms with Crippen molar-refractivity contribution in [3.05, 3.63) is 63.6 Å². The second kappa shape index (κ2) is 10.3. The summed E-state index contributed by atoms with van der Waals surface area (Å²) < 4.78 is 28.0. The summed E-state index contributed by atoms with van der Waals surface area (Å²) in [6.45, 7) is 7.40. The van der Waals surface area contributed by atoms with Gasteiger partial charge in [0.05, 0.1) is 11.4 Å². The average molecular weight is 484 g/mol. The molecule has 0 spiro atoms. The molecule has 2 aromatic carbocycles. The number of aryl methyl sites for hydroxylation is 1. The van der Waals surface area contributed by atoms with E-state index in [1.165, 1.54) is 4.31 Å². The van der Waals surface area contributed by atoms with E-state index in [0.29, 0.717) is 28.7 Å². The van der Waals surface area contributed by atoms with Gasteiger partial charge in [-0.05, 0) is 43.3 Å². The number of rotatable bonds is 7. The topological polar surface area (TPSA) is 60.9 Å². The van der Waals surface area contributed by atoms with E-state index < -0.39 is 10.0 Å². The Morgan fingerprint density at radius 3 is 2.26 bits per heavy atom. The van der Waals surface area contributed by atoms with Gasteiger partial charge in [-0.25, -0.2) is 8.42 Å². The molecule has 1 aliphatic heterocycles. The fraction of sp³-hybridized carbons (Fsp3) is 0.409. The summed E-state index contributed by atoms with van der Waals surface area (Å²) in [5, 5.41) is 0.826. The van der Waals surface area contributed by atoms with Crippen LogP contribution in [0.25, 0.3) is 0 Å². The van der Waals surface area contributed by atoms with Crippen LogP contribution in [0.1, 0.15) is 18.1 Å². The lowest BCUT2D eigenvalue weighted by Gasteiger charge is -2.35. The second-order valence-electron chi connectivity index (χ2n) is 7.64. The smallest absolute Gasteiger partial charge is 0.243 e. The Morgan fingerprint density at radius 1 is 1.03 bits per heavy atom. The number of piperazine rings is 1. The molecule has 31 heavy (non-hydrogen) atoms. The van der Waals surface area contributed by atoms with Gasteiger partial charge in [-0.15, -0.1) is 0 Å². The van der Waals surface area contributed by atoms with Crippen molar-refractivity contribution in [2.75, 3.05) is 39.3 Å². The number of carbonyl (C=O) groups is 1. The molecule has 1 aliphatic rings. The molecule has 0 saturated carbocycles. The van der Waals surface area contributed by atoms with Crippen molar-refractivity contribution in [1.82, 2.24) is 14.1 Å². The Bertz CT molecular complexity index is 1020. The normalized spacial score (nSPS) is 15.5. The fourth-order valence-electron chi connectivity index (χ4n) is 3.49. The highest BCUT2D eigenvalue weighted by atomic mass is 35.5. The summed E-state index contributed by atoms with van der Waals surface area (Å²) in [7, 11) is -3.91. The molecule has 1 saturated heterocycles. The Hall–Kier alpha value is -1.64. The number of hydrogen-bond donors (Lipinski definition) is 0. The van der Waals surface area contributed by atoms with Crippen LogP contribution in [0.15, 0.2) is 47.4 Å². The van der Waals surface area contributed by atoms with Crippen LogP contribution in [0.2, 0.25) is 10.0 Å². The molecule has 0 aromatic heterocycles. The van der Waals surface area contributed by atoms with Crippen molar-refractivity contribution < 1.29 is 13.2 Å². The van der Waals surface area contributed by atoms with Crippen LogP contribution >= 0.6 is 23.2 Å². The first-order chi connectivity index (χ1) is 14.7. The van der Waals surface area contributed by atoms with Gasteiger partial charge in [0.1, 0.15) is 0 Å². The van der Waals surface area contributed by atoms with Crippen LogP contribution in [0.5, 0.6) is 0 Å². The van der Waals surface area contributed by atoms with E-state index in [9.17, 15) is 13.2 Å². The molecule has 0 aliphatic carbocycles. The van der Waals surface area contributed by atoms with Gasteiger partial charge in [-0.2, -0.15) is 4.31 Å². The maximum atomic E-state index is 13.4. The Morgan fingerprint density at radius 2 is 1.68 bits per heavy atom. The van der Waals surface area contributed by atoms with Gasteiger partial charge in [0.15, 0.2) is 0 Å². The number of likely N-dealkylation sites (N-methyl/N-ethyl adjacent to an activating group) is 1. The Balaban J connectivity index is 1.86. The third-order valence-corrected chi connectivity index (χ3v) is 7.90. The summed E-state index contributed by atoms with van der Waals surface area (Å²) in [6, 6.07) is 11.5. The van der Waals surface area contributed by atoms with Crippen molar-refractivity contribution in [2.24, 2.45) is 0 Å². The number of hydrogen-bond acceptors (Lipinski definition) is 4. The molecule has 9 heteroatoms. The average Bonchev–Trinajstić information content (AvgIpc) is 2.75. The monoisotopic (exact) mass is 483 g/mol. The minimum Gasteiger partial charge on any atom is -0.339 e. The van der Waals surface area contributed by atoms with E-state index in [1.54, 1.807) is 47.4 Å². The third kappa shape index (κ3) is 5.99. The highest BCUT2D eigenvalue weighted by molar-refractivity contribution is 7.89. The number of sulfonamides is 1. The Kier molecular flexibility index (Phi) is 7.99. The molecule has 0 N–H and O–H groups in total. The third-order valence-electron chi connectivity index (χ3n) is 5.50. The van der Waals surface area contributed by atoms with Gasteiger partial charge in [0, 0.05) is 42.8 Å². The standard InChI is InChI=1S/C22H27Cl2N3O3S/c1-3-25-10-12-26(13-11-25)22(28)16-27(15-18-6-7-19(23)14-21(18)24)31(29,30)20-8-4-17(2)5-9-20/h4-9,14H,3,10-13,15-16H2,1-2H3. The zero-order chi connectivity index (χ0) is 22.6. The van der Waals surface area contributed by atoms with E-state index in [1.807, 2.05) is 6.92 Å². The number of carbonyl (C=O) groups excluding carboxylic acids is 1. The quantitative estimate of drug-likeness (QED) is 0.602. The molecule has 0 bridgehead atoms. The number of amides is 1. The summed E-state index contributed by atoms with van der Waals surface area (Å²) in [4.78, 5) is 17.1. The van der Waals surface area contributed by atoms with Gasteiger partial charge >= 0.3 is 0 Å². The number of halogens is 2. The van der Waals surface area contributed by atoms with Crippen LogP contribution in [0, 0.1) is 6.92 Å². The largest absolute Gasteiger partial charge is 0.339 e. The summed E-state index contributed by atoms with van der Waals surface area (Å²) in [5.41, 5.74) is 1.54. The summed E-state index contributed by atoms with van der Waals surface area (Å²) in [6.07, 6.45) is 0. The van der Waals surface area contributed by atoms with Gasteiger partial charge in [-0.3, -0.25) is 4.79 Å². The van der Waals surface area contributed by atoms with Gasteiger partial charge in [-0.1, -0.05) is 53.9 Å². The SMILES string of the molecule is CCN1CCN(C(=O)CN(Cc2ccc(Cl)cc2Cl)S(=O)(=O)c2ccc(C)cc2)CC1. The highest BCUT2D eigenvalue weighted by Gasteiger charge is 2.30. The van der Waals surface area contributed by atoms with E-state index in [0.717, 1.165) is 25.2 Å². The van der Waals surface area contributed by atoms with Crippen molar-refractivity contribution in [1.29, 1.82) is 0 Å². The lowest BCUT2D eigenvalue weighted by atomic mass is 10.2. The van der Waals surface area contributed by atoms with E-state index in [4.69, 9.17) is 23.2 Å². The maximum Gasteiger partial charge on any atom is 0.243 e. The summed E-state index contributed by atoms with van der Waals surface area (Å²) >= 11 is 12.3. The van der Waals surface area contributed by atoms with Crippen LogP contribution in [0.3, 0.4) is 0 Å². The van der Waals surface area contributed by atoms with E-state index in [2.05, 4.69) is 11.8 Å². The van der Waals surface area contributed by atoms with Crippen LogP contribution in [-0.2, 0) is 21.4 Å². The van der Waals surface area contributed by atoms with Crippen LogP contribution in [-0.4, -0.2) is 67.7 Å². The Labute approximate surface area is 194 Å². The van der Waals surface area contributed by atoms with Crippen molar-refractivity contribution in [3.63, 3.8) is 0 Å². The molecule has 168 valence electrons. The van der Waals surface area contributed by atoms with E-state index >= 15 is 0 Å². The summed E-state index contributed by atoms with van der Waals surface area (Å²) in [5.74, 6) is -0.212. The second-order valence-corrected chi connectivity index (χ2v) is 10.4. The first-order valence-electron chi connectivity index (χ1n) is 10.2. The molecule has 0 radical (unpaired) electrons. The first kappa shape index (κ1) is 24.0. The molecule has 1 amide bonds. The molecule has 1 fully saturated rings. The molecule has 0 atom stereocenters. The van der Waals surface area contributed by atoms with E-state index in [-0.39, 0.29) is 23.9 Å². The zero-order valence-corrected chi connectivity index (χ0v) is 20.1. The zero-order valence-electron chi connectivity index (χ0n) is 17.7. The van der Waals surface area contributed by atoms with Crippen LogP contribution < -0.4 is 0 Å². The first-order valence-corrected chi connectivity index (χ1v) is 12.4.